The number of carbonyl (C=O) groups is 1. The molecule has 2 heterocycles. The van der Waals surface area contributed by atoms with Crippen LogP contribution in [0.3, 0.4) is 0 Å². The van der Waals surface area contributed by atoms with Crippen LogP contribution in [0.2, 0.25) is 0 Å². The van der Waals surface area contributed by atoms with Gasteiger partial charge in [0.15, 0.2) is 11.6 Å². The Morgan fingerprint density at radius 1 is 1.34 bits per heavy atom. The highest BCUT2D eigenvalue weighted by Gasteiger charge is 2.33. The highest BCUT2D eigenvalue weighted by molar-refractivity contribution is 5.97. The highest BCUT2D eigenvalue weighted by Crippen LogP contribution is 2.44. The smallest absolute Gasteiger partial charge is 0.341 e. The van der Waals surface area contributed by atoms with Gasteiger partial charge in [0.1, 0.15) is 11.3 Å². The summed E-state index contributed by atoms with van der Waals surface area (Å²) < 4.78 is 22.6. The fourth-order valence-electron chi connectivity index (χ4n) is 4.35. The Bertz CT molecular complexity index is 1030. The molecule has 8 heteroatoms. The number of halogens is 1. The molecule has 0 unspecified atom stereocenters. The van der Waals surface area contributed by atoms with Gasteiger partial charge in [-0.15, -0.1) is 0 Å². The number of fused-ring (bicyclic) bond motifs is 1. The summed E-state index contributed by atoms with van der Waals surface area (Å²) in [4.78, 5) is 26.2. The number of pyridine rings is 1. The number of methoxy groups -OCH3 is 1. The lowest BCUT2D eigenvalue weighted by molar-refractivity contribution is 0.0694. The van der Waals surface area contributed by atoms with Gasteiger partial charge in [-0.25, -0.2) is 9.18 Å². The van der Waals surface area contributed by atoms with E-state index in [-0.39, 0.29) is 34.3 Å². The molecule has 1 saturated heterocycles. The summed E-state index contributed by atoms with van der Waals surface area (Å²) >= 11 is 0. The van der Waals surface area contributed by atoms with Gasteiger partial charge in [-0.1, -0.05) is 6.92 Å². The zero-order valence-electron chi connectivity index (χ0n) is 16.5. The zero-order valence-corrected chi connectivity index (χ0v) is 16.5. The SMILES string of the molecule is CC[C@H]1CN(c2c(F)cc3c(=O)c(C(=O)O)cn(C4CC4)c3c2OC)CC[C@@H]1O. The second kappa shape index (κ2) is 7.33. The Balaban J connectivity index is 1.97. The Morgan fingerprint density at radius 3 is 2.66 bits per heavy atom. The van der Waals surface area contributed by atoms with Crippen molar-refractivity contribution in [3.8, 4) is 5.75 Å². The van der Waals surface area contributed by atoms with Gasteiger partial charge in [0.25, 0.3) is 0 Å². The summed E-state index contributed by atoms with van der Waals surface area (Å²) in [6, 6.07) is 1.20. The lowest BCUT2D eigenvalue weighted by Crippen LogP contribution is -2.43. The Kier molecular flexibility index (Phi) is 4.98. The van der Waals surface area contributed by atoms with Crippen LogP contribution in [0.25, 0.3) is 10.9 Å². The van der Waals surface area contributed by atoms with E-state index >= 15 is 4.39 Å². The predicted molar refractivity (Wildman–Crippen MR) is 107 cm³/mol. The molecule has 2 aliphatic rings. The third-order valence-corrected chi connectivity index (χ3v) is 6.11. The number of nitrogens with zero attached hydrogens (tertiary/aromatic N) is 2. The van der Waals surface area contributed by atoms with E-state index in [0.29, 0.717) is 25.0 Å². The first kappa shape index (κ1) is 19.7. The van der Waals surface area contributed by atoms with Crippen molar-refractivity contribution in [1.82, 2.24) is 4.57 Å². The minimum absolute atomic E-state index is 0.0129. The average molecular weight is 404 g/mol. The number of carboxylic acid groups (broad SMARTS) is 1. The van der Waals surface area contributed by atoms with Gasteiger partial charge in [-0.05, 0) is 31.7 Å². The molecule has 0 amide bonds. The molecule has 0 radical (unpaired) electrons. The lowest BCUT2D eigenvalue weighted by Gasteiger charge is -2.38. The number of piperidine rings is 1. The first-order chi connectivity index (χ1) is 13.9. The molecule has 29 heavy (non-hydrogen) atoms. The highest BCUT2D eigenvalue weighted by atomic mass is 19.1. The predicted octanol–water partition coefficient (Wildman–Crippen LogP) is 2.78. The largest absolute Gasteiger partial charge is 0.492 e. The Morgan fingerprint density at radius 2 is 2.07 bits per heavy atom. The van der Waals surface area contributed by atoms with Gasteiger partial charge < -0.3 is 24.4 Å². The standard InChI is InChI=1S/C21H25FN2O5/c1-3-11-9-23(7-6-16(11)25)18-15(22)8-13-17(20(18)29-2)24(12-4-5-12)10-14(19(13)26)21(27)28/h8,10-12,16,25H,3-7,9H2,1-2H3,(H,27,28)/t11-,16-/m0/s1. The van der Waals surface area contributed by atoms with Crippen LogP contribution in [0.4, 0.5) is 10.1 Å². The molecule has 7 nitrogen and oxygen atoms in total. The van der Waals surface area contributed by atoms with E-state index in [4.69, 9.17) is 4.74 Å². The number of anilines is 1. The summed E-state index contributed by atoms with van der Waals surface area (Å²) in [6.45, 7) is 2.94. The number of aromatic carboxylic acids is 1. The maximum absolute atomic E-state index is 15.3. The molecule has 4 rings (SSSR count). The van der Waals surface area contributed by atoms with E-state index in [9.17, 15) is 19.8 Å². The second-order valence-corrected chi connectivity index (χ2v) is 7.92. The third kappa shape index (κ3) is 3.25. The molecular formula is C21H25FN2O5. The molecule has 156 valence electrons. The van der Waals surface area contributed by atoms with Crippen molar-refractivity contribution >= 4 is 22.6 Å². The number of benzene rings is 1. The van der Waals surface area contributed by atoms with Crippen LogP contribution in [0.1, 0.15) is 49.0 Å². The Labute approximate surface area is 167 Å². The van der Waals surface area contributed by atoms with E-state index in [2.05, 4.69) is 0 Å². The summed E-state index contributed by atoms with van der Waals surface area (Å²) in [5.41, 5.74) is -0.387. The van der Waals surface area contributed by atoms with E-state index in [1.165, 1.54) is 13.3 Å². The van der Waals surface area contributed by atoms with E-state index in [0.717, 1.165) is 25.3 Å². The van der Waals surface area contributed by atoms with Crippen molar-refractivity contribution in [2.24, 2.45) is 5.92 Å². The van der Waals surface area contributed by atoms with Crippen LogP contribution in [0.15, 0.2) is 17.1 Å². The van der Waals surface area contributed by atoms with Gasteiger partial charge in [-0.3, -0.25) is 4.79 Å². The maximum Gasteiger partial charge on any atom is 0.341 e. The molecule has 0 bridgehead atoms. The van der Waals surface area contributed by atoms with Crippen molar-refractivity contribution in [2.75, 3.05) is 25.1 Å². The molecule has 1 aliphatic heterocycles. The minimum atomic E-state index is -1.33. The molecular weight excluding hydrogens is 379 g/mol. The fraction of sp³-hybridized carbons (Fsp3) is 0.524. The molecule has 1 saturated carbocycles. The first-order valence-electron chi connectivity index (χ1n) is 9.99. The number of rotatable bonds is 5. The van der Waals surface area contributed by atoms with Gasteiger partial charge in [0, 0.05) is 31.2 Å². The monoisotopic (exact) mass is 404 g/mol. The number of aliphatic hydroxyl groups is 1. The minimum Gasteiger partial charge on any atom is -0.492 e. The van der Waals surface area contributed by atoms with Crippen molar-refractivity contribution in [1.29, 1.82) is 0 Å². The summed E-state index contributed by atoms with van der Waals surface area (Å²) in [6.07, 6.45) is 3.94. The van der Waals surface area contributed by atoms with Crippen LogP contribution in [-0.4, -0.2) is 47.1 Å². The maximum atomic E-state index is 15.3. The van der Waals surface area contributed by atoms with Crippen LogP contribution in [-0.2, 0) is 0 Å². The Hall–Kier alpha value is -2.61. The number of hydrogen-bond acceptors (Lipinski definition) is 5. The van der Waals surface area contributed by atoms with Gasteiger partial charge in [-0.2, -0.15) is 0 Å². The molecule has 2 N–H and O–H groups in total. The van der Waals surface area contributed by atoms with E-state index in [1.807, 2.05) is 11.8 Å². The topological polar surface area (TPSA) is 92.0 Å². The molecule has 1 aromatic heterocycles. The van der Waals surface area contributed by atoms with Gasteiger partial charge in [0.2, 0.25) is 5.43 Å². The van der Waals surface area contributed by atoms with Crippen LogP contribution in [0.5, 0.6) is 5.75 Å². The van der Waals surface area contributed by atoms with Crippen LogP contribution < -0.4 is 15.1 Å². The van der Waals surface area contributed by atoms with Crippen LogP contribution >= 0.6 is 0 Å². The summed E-state index contributed by atoms with van der Waals surface area (Å²) in [5, 5.41) is 19.6. The molecule has 0 spiro atoms. The fourth-order valence-corrected chi connectivity index (χ4v) is 4.35. The van der Waals surface area contributed by atoms with Crippen molar-refractivity contribution in [3.63, 3.8) is 0 Å². The van der Waals surface area contributed by atoms with E-state index in [1.54, 1.807) is 4.57 Å². The quantitative estimate of drug-likeness (QED) is 0.796. The van der Waals surface area contributed by atoms with Crippen molar-refractivity contribution in [3.05, 3.63) is 33.9 Å². The summed E-state index contributed by atoms with van der Waals surface area (Å²) in [5.74, 6) is -1.69. The number of hydrogen-bond donors (Lipinski definition) is 2. The molecule has 1 aliphatic carbocycles. The molecule has 2 aromatic rings. The molecule has 1 aromatic carbocycles. The molecule has 2 atom stereocenters. The van der Waals surface area contributed by atoms with Gasteiger partial charge >= 0.3 is 5.97 Å². The van der Waals surface area contributed by atoms with E-state index < -0.39 is 23.3 Å². The average Bonchev–Trinajstić information content (AvgIpc) is 3.53. The number of ether oxygens (including phenoxy) is 1. The number of aromatic nitrogens is 1. The molecule has 2 fully saturated rings. The number of carboxylic acids is 1. The second-order valence-electron chi connectivity index (χ2n) is 7.92. The van der Waals surface area contributed by atoms with Crippen molar-refractivity contribution in [2.45, 2.75) is 44.8 Å². The van der Waals surface area contributed by atoms with Crippen LogP contribution in [0, 0.1) is 11.7 Å². The third-order valence-electron chi connectivity index (χ3n) is 6.11. The zero-order chi connectivity index (χ0) is 20.9. The van der Waals surface area contributed by atoms with Gasteiger partial charge in [0.05, 0.1) is 24.1 Å². The number of aliphatic hydroxyl groups excluding tert-OH is 1. The normalized spacial score (nSPS) is 22.1. The van der Waals surface area contributed by atoms with Crippen molar-refractivity contribution < 1.29 is 24.1 Å². The summed E-state index contributed by atoms with van der Waals surface area (Å²) in [7, 11) is 1.43. The first-order valence-corrected chi connectivity index (χ1v) is 9.99. The lowest BCUT2D eigenvalue weighted by atomic mass is 9.92.